The van der Waals surface area contributed by atoms with Gasteiger partial charge in [-0.2, -0.15) is 0 Å². The van der Waals surface area contributed by atoms with Gasteiger partial charge in [-0.05, 0) is 31.6 Å². The Kier molecular flexibility index (Phi) is 8.60. The maximum Gasteiger partial charge on any atom is 0.242 e. The zero-order valence-corrected chi connectivity index (χ0v) is 14.1. The zero-order valence-electron chi connectivity index (χ0n) is 13.3. The van der Waals surface area contributed by atoms with Crippen molar-refractivity contribution in [3.63, 3.8) is 0 Å². The summed E-state index contributed by atoms with van der Waals surface area (Å²) in [6, 6.07) is -0.0670. The molecule has 0 spiro atoms. The smallest absolute Gasteiger partial charge is 0.242 e. The first-order valence-electron chi connectivity index (χ1n) is 8.27. The van der Waals surface area contributed by atoms with E-state index in [1.54, 1.807) is 7.11 Å². The summed E-state index contributed by atoms with van der Waals surface area (Å²) in [6.45, 7) is 1.20. The summed E-state index contributed by atoms with van der Waals surface area (Å²) in [4.78, 5) is 14.3. The van der Waals surface area contributed by atoms with Crippen LogP contribution in [0.25, 0.3) is 0 Å². The van der Waals surface area contributed by atoms with E-state index in [0.717, 1.165) is 31.7 Å². The number of hydrogen-bond donors (Lipinski definition) is 1. The zero-order chi connectivity index (χ0) is 14.4. The lowest BCUT2D eigenvalue weighted by Gasteiger charge is -2.29. The normalized spacial score (nSPS) is 24.7. The summed E-state index contributed by atoms with van der Waals surface area (Å²) in [5.74, 6) is 0.979. The summed E-state index contributed by atoms with van der Waals surface area (Å²) in [7, 11) is 1.59. The molecule has 0 aromatic heterocycles. The third-order valence-electron chi connectivity index (χ3n) is 4.96. The van der Waals surface area contributed by atoms with Gasteiger partial charge >= 0.3 is 0 Å². The van der Waals surface area contributed by atoms with Crippen LogP contribution in [0, 0.1) is 5.92 Å². The molecule has 124 valence electrons. The highest BCUT2D eigenvalue weighted by atomic mass is 35.5. The number of amides is 1. The Hall–Kier alpha value is -0.320. The fourth-order valence-corrected chi connectivity index (χ4v) is 3.79. The van der Waals surface area contributed by atoms with Crippen molar-refractivity contribution in [3.8, 4) is 0 Å². The molecule has 2 unspecified atom stereocenters. The molecule has 2 N–H and O–H groups in total. The highest BCUT2D eigenvalue weighted by Crippen LogP contribution is 2.30. The van der Waals surface area contributed by atoms with Crippen LogP contribution in [0.2, 0.25) is 0 Å². The van der Waals surface area contributed by atoms with Gasteiger partial charge in [0.25, 0.3) is 0 Å². The number of nitrogens with zero attached hydrogens (tertiary/aromatic N) is 1. The molecule has 1 amide bonds. The van der Waals surface area contributed by atoms with Gasteiger partial charge in [0.15, 0.2) is 0 Å². The number of carbonyl (C=O) groups is 1. The van der Waals surface area contributed by atoms with Crippen LogP contribution in [-0.2, 0) is 9.53 Å². The minimum absolute atomic E-state index is 0. The van der Waals surface area contributed by atoms with Crippen LogP contribution >= 0.6 is 12.4 Å². The second-order valence-corrected chi connectivity index (χ2v) is 6.47. The second kappa shape index (κ2) is 9.65. The Morgan fingerprint density at radius 1 is 1.19 bits per heavy atom. The molecule has 0 radical (unpaired) electrons. The van der Waals surface area contributed by atoms with E-state index in [1.807, 2.05) is 4.90 Å². The highest BCUT2D eigenvalue weighted by molar-refractivity contribution is 5.85. The number of ether oxygens (including phenoxy) is 1. The van der Waals surface area contributed by atoms with Gasteiger partial charge < -0.3 is 15.4 Å². The van der Waals surface area contributed by atoms with Crippen LogP contribution < -0.4 is 5.73 Å². The van der Waals surface area contributed by atoms with E-state index in [2.05, 4.69) is 0 Å². The molecule has 1 saturated heterocycles. The molecule has 2 atom stereocenters. The first kappa shape index (κ1) is 18.7. The van der Waals surface area contributed by atoms with Gasteiger partial charge in [0.1, 0.15) is 6.04 Å². The van der Waals surface area contributed by atoms with E-state index in [0.29, 0.717) is 12.6 Å². The van der Waals surface area contributed by atoms with Crippen molar-refractivity contribution in [1.82, 2.24) is 4.90 Å². The van der Waals surface area contributed by atoms with Gasteiger partial charge in [0.05, 0.1) is 6.61 Å². The van der Waals surface area contributed by atoms with Crippen LogP contribution in [0.4, 0.5) is 0 Å². The molecule has 0 bridgehead atoms. The topological polar surface area (TPSA) is 55.6 Å². The fraction of sp³-hybridized carbons (Fsp3) is 0.938. The average molecular weight is 319 g/mol. The molecule has 0 aromatic carbocycles. The van der Waals surface area contributed by atoms with E-state index < -0.39 is 6.04 Å². The van der Waals surface area contributed by atoms with Crippen molar-refractivity contribution in [2.75, 3.05) is 20.3 Å². The quantitative estimate of drug-likeness (QED) is 0.819. The third kappa shape index (κ3) is 5.42. The lowest BCUT2D eigenvalue weighted by Crippen LogP contribution is -2.48. The second-order valence-electron chi connectivity index (χ2n) is 6.47. The molecule has 1 aliphatic heterocycles. The molecule has 21 heavy (non-hydrogen) atoms. The first-order valence-corrected chi connectivity index (χ1v) is 8.27. The SMILES string of the molecule is COCC(N)C(=O)N1CCCC1CCC1CCCCC1.Cl. The minimum atomic E-state index is -0.490. The van der Waals surface area contributed by atoms with Gasteiger partial charge in [0.2, 0.25) is 5.91 Å². The molecule has 2 fully saturated rings. The number of hydrogen-bond acceptors (Lipinski definition) is 3. The van der Waals surface area contributed by atoms with Crippen LogP contribution in [0.5, 0.6) is 0 Å². The van der Waals surface area contributed by atoms with E-state index in [4.69, 9.17) is 10.5 Å². The van der Waals surface area contributed by atoms with Crippen molar-refractivity contribution in [3.05, 3.63) is 0 Å². The number of methoxy groups -OCH3 is 1. The van der Waals surface area contributed by atoms with Crippen LogP contribution in [0.1, 0.15) is 57.8 Å². The minimum Gasteiger partial charge on any atom is -0.383 e. The lowest BCUT2D eigenvalue weighted by molar-refractivity contribution is -0.134. The number of likely N-dealkylation sites (tertiary alicyclic amines) is 1. The molecule has 2 aliphatic rings. The van der Waals surface area contributed by atoms with Crippen molar-refractivity contribution in [1.29, 1.82) is 0 Å². The summed E-state index contributed by atoms with van der Waals surface area (Å²) in [5, 5.41) is 0. The number of nitrogens with two attached hydrogens (primary N) is 1. The lowest BCUT2D eigenvalue weighted by atomic mass is 9.85. The number of halogens is 1. The Balaban J connectivity index is 0.00000220. The molecule has 2 rings (SSSR count). The van der Waals surface area contributed by atoms with E-state index in [9.17, 15) is 4.79 Å². The maximum absolute atomic E-state index is 12.3. The Morgan fingerprint density at radius 2 is 1.90 bits per heavy atom. The van der Waals surface area contributed by atoms with Crippen molar-refractivity contribution in [2.24, 2.45) is 11.7 Å². The van der Waals surface area contributed by atoms with Gasteiger partial charge in [-0.15, -0.1) is 12.4 Å². The summed E-state index contributed by atoms with van der Waals surface area (Å²) >= 11 is 0. The Bertz CT molecular complexity index is 309. The van der Waals surface area contributed by atoms with Crippen molar-refractivity contribution in [2.45, 2.75) is 69.9 Å². The van der Waals surface area contributed by atoms with Gasteiger partial charge in [-0.25, -0.2) is 0 Å². The van der Waals surface area contributed by atoms with Gasteiger partial charge in [-0.1, -0.05) is 32.1 Å². The molecule has 1 aliphatic carbocycles. The fourth-order valence-electron chi connectivity index (χ4n) is 3.79. The van der Waals surface area contributed by atoms with Crippen molar-refractivity contribution >= 4 is 18.3 Å². The summed E-state index contributed by atoms with van der Waals surface area (Å²) in [5.41, 5.74) is 5.89. The van der Waals surface area contributed by atoms with E-state index in [1.165, 1.54) is 38.5 Å². The molecule has 0 aromatic rings. The van der Waals surface area contributed by atoms with Crippen LogP contribution in [0.15, 0.2) is 0 Å². The van der Waals surface area contributed by atoms with Crippen molar-refractivity contribution < 1.29 is 9.53 Å². The third-order valence-corrected chi connectivity index (χ3v) is 4.96. The van der Waals surface area contributed by atoms with Crippen LogP contribution in [-0.4, -0.2) is 43.2 Å². The monoisotopic (exact) mass is 318 g/mol. The Labute approximate surface area is 135 Å². The Morgan fingerprint density at radius 3 is 2.57 bits per heavy atom. The number of rotatable bonds is 6. The van der Waals surface area contributed by atoms with E-state index in [-0.39, 0.29) is 18.3 Å². The molecule has 1 heterocycles. The van der Waals surface area contributed by atoms with Gasteiger partial charge in [0, 0.05) is 19.7 Å². The standard InChI is InChI=1S/C16H30N2O2.ClH/c1-20-12-15(17)16(19)18-11-5-8-14(18)10-9-13-6-3-2-4-7-13;/h13-15H,2-12,17H2,1H3;1H. The average Bonchev–Trinajstić information content (AvgIpc) is 2.94. The molecule has 4 nitrogen and oxygen atoms in total. The molecular formula is C16H31ClN2O2. The molecule has 1 saturated carbocycles. The maximum atomic E-state index is 12.3. The molecular weight excluding hydrogens is 288 g/mol. The predicted octanol–water partition coefficient (Wildman–Crippen LogP) is 2.73. The largest absolute Gasteiger partial charge is 0.383 e. The number of carbonyl (C=O) groups excluding carboxylic acids is 1. The summed E-state index contributed by atoms with van der Waals surface area (Å²) < 4.78 is 5.00. The van der Waals surface area contributed by atoms with Crippen LogP contribution in [0.3, 0.4) is 0 Å². The molecule has 5 heteroatoms. The van der Waals surface area contributed by atoms with Gasteiger partial charge in [-0.3, -0.25) is 4.79 Å². The first-order chi connectivity index (χ1) is 9.72. The highest BCUT2D eigenvalue weighted by Gasteiger charge is 2.31. The van der Waals surface area contributed by atoms with E-state index >= 15 is 0 Å². The summed E-state index contributed by atoms with van der Waals surface area (Å²) in [6.07, 6.45) is 11.7. The predicted molar refractivity (Wildman–Crippen MR) is 87.6 cm³/mol.